The molecule has 0 amide bonds. The Balaban J connectivity index is 2.79. The predicted octanol–water partition coefficient (Wildman–Crippen LogP) is 2.98. The molecule has 1 aromatic rings. The first-order chi connectivity index (χ1) is 5.18. The standard InChI is InChI=1S/C8H7ClOS/c1-6(10)11-8-4-2-3-7(9)5-8/h2-5H,1H3. The van der Waals surface area contributed by atoms with Crippen LogP contribution in [0.3, 0.4) is 0 Å². The summed E-state index contributed by atoms with van der Waals surface area (Å²) in [6, 6.07) is 7.24. The van der Waals surface area contributed by atoms with E-state index in [2.05, 4.69) is 0 Å². The summed E-state index contributed by atoms with van der Waals surface area (Å²) in [6.07, 6.45) is 0. The van der Waals surface area contributed by atoms with E-state index in [1.165, 1.54) is 18.7 Å². The Morgan fingerprint density at radius 2 is 2.27 bits per heavy atom. The molecule has 0 fully saturated rings. The van der Waals surface area contributed by atoms with Gasteiger partial charge >= 0.3 is 0 Å². The van der Waals surface area contributed by atoms with Gasteiger partial charge in [-0.1, -0.05) is 29.4 Å². The third-order valence-electron chi connectivity index (χ3n) is 1.06. The van der Waals surface area contributed by atoms with E-state index in [4.69, 9.17) is 11.6 Å². The summed E-state index contributed by atoms with van der Waals surface area (Å²) in [7, 11) is 0. The van der Waals surface area contributed by atoms with Crippen molar-refractivity contribution < 1.29 is 4.79 Å². The molecule has 0 aromatic heterocycles. The minimum atomic E-state index is 0.0762. The highest BCUT2D eigenvalue weighted by molar-refractivity contribution is 8.13. The van der Waals surface area contributed by atoms with Gasteiger partial charge in [-0.2, -0.15) is 0 Å². The maximum absolute atomic E-state index is 10.6. The highest BCUT2D eigenvalue weighted by Crippen LogP contribution is 2.21. The van der Waals surface area contributed by atoms with Gasteiger partial charge in [-0.25, -0.2) is 0 Å². The SMILES string of the molecule is CC(=O)Sc1cccc(Cl)c1. The quantitative estimate of drug-likeness (QED) is 0.628. The maximum atomic E-state index is 10.6. The van der Waals surface area contributed by atoms with Crippen molar-refractivity contribution in [3.05, 3.63) is 29.3 Å². The van der Waals surface area contributed by atoms with Gasteiger partial charge in [0.05, 0.1) is 0 Å². The molecule has 0 unspecified atom stereocenters. The molecule has 11 heavy (non-hydrogen) atoms. The van der Waals surface area contributed by atoms with Crippen LogP contribution in [0.15, 0.2) is 29.2 Å². The molecule has 0 spiro atoms. The van der Waals surface area contributed by atoms with Crippen molar-refractivity contribution in [2.24, 2.45) is 0 Å². The van der Waals surface area contributed by atoms with Crippen molar-refractivity contribution in [3.8, 4) is 0 Å². The number of hydrogen-bond donors (Lipinski definition) is 0. The lowest BCUT2D eigenvalue weighted by Gasteiger charge is -1.95. The van der Waals surface area contributed by atoms with Crippen LogP contribution in [-0.2, 0) is 4.79 Å². The highest BCUT2D eigenvalue weighted by Gasteiger charge is 1.97. The molecule has 58 valence electrons. The Morgan fingerprint density at radius 3 is 2.82 bits per heavy atom. The Kier molecular flexibility index (Phi) is 2.97. The van der Waals surface area contributed by atoms with Gasteiger partial charge in [-0.15, -0.1) is 0 Å². The second-order valence-corrected chi connectivity index (χ2v) is 3.74. The zero-order valence-electron chi connectivity index (χ0n) is 6.00. The van der Waals surface area contributed by atoms with Gasteiger partial charge in [-0.3, -0.25) is 4.79 Å². The molecular formula is C8H7ClOS. The summed E-state index contributed by atoms with van der Waals surface area (Å²) in [5, 5.41) is 0.739. The second-order valence-electron chi connectivity index (χ2n) is 2.05. The van der Waals surface area contributed by atoms with Gasteiger partial charge in [-0.05, 0) is 18.2 Å². The zero-order valence-corrected chi connectivity index (χ0v) is 7.58. The van der Waals surface area contributed by atoms with Crippen molar-refractivity contribution in [1.29, 1.82) is 0 Å². The van der Waals surface area contributed by atoms with Crippen LogP contribution in [0.2, 0.25) is 5.02 Å². The van der Waals surface area contributed by atoms with Crippen LogP contribution in [0.25, 0.3) is 0 Å². The van der Waals surface area contributed by atoms with Gasteiger partial charge in [0.2, 0.25) is 0 Å². The molecule has 0 saturated heterocycles. The zero-order chi connectivity index (χ0) is 8.27. The number of rotatable bonds is 1. The van der Waals surface area contributed by atoms with Crippen molar-refractivity contribution in [1.82, 2.24) is 0 Å². The monoisotopic (exact) mass is 186 g/mol. The molecule has 1 aromatic carbocycles. The lowest BCUT2D eigenvalue weighted by atomic mass is 10.4. The maximum Gasteiger partial charge on any atom is 0.190 e. The Labute approximate surface area is 74.7 Å². The summed E-state index contributed by atoms with van der Waals surface area (Å²) >= 11 is 6.89. The number of carbonyl (C=O) groups excluding carboxylic acids is 1. The van der Waals surface area contributed by atoms with Crippen molar-refractivity contribution in [2.45, 2.75) is 11.8 Å². The van der Waals surface area contributed by atoms with Crippen molar-refractivity contribution in [3.63, 3.8) is 0 Å². The molecule has 0 atom stereocenters. The number of benzene rings is 1. The van der Waals surface area contributed by atoms with E-state index < -0.39 is 0 Å². The highest BCUT2D eigenvalue weighted by atomic mass is 35.5. The fraction of sp³-hybridized carbons (Fsp3) is 0.125. The minimum absolute atomic E-state index is 0.0762. The van der Waals surface area contributed by atoms with Gasteiger partial charge in [0, 0.05) is 16.8 Å². The van der Waals surface area contributed by atoms with Gasteiger partial charge < -0.3 is 0 Å². The largest absolute Gasteiger partial charge is 0.287 e. The Bertz CT molecular complexity index is 273. The molecule has 0 saturated carbocycles. The van der Waals surface area contributed by atoms with Crippen LogP contribution in [0.4, 0.5) is 0 Å². The van der Waals surface area contributed by atoms with Crippen LogP contribution in [0, 0.1) is 0 Å². The van der Waals surface area contributed by atoms with Gasteiger partial charge in [0.25, 0.3) is 0 Å². The molecule has 0 heterocycles. The number of thioether (sulfide) groups is 1. The Morgan fingerprint density at radius 1 is 1.55 bits per heavy atom. The van der Waals surface area contributed by atoms with E-state index in [0.717, 1.165) is 4.90 Å². The summed E-state index contributed by atoms with van der Waals surface area (Å²) < 4.78 is 0. The molecular weight excluding hydrogens is 180 g/mol. The fourth-order valence-electron chi connectivity index (χ4n) is 0.696. The third-order valence-corrected chi connectivity index (χ3v) is 2.07. The lowest BCUT2D eigenvalue weighted by molar-refractivity contribution is -0.109. The summed E-state index contributed by atoms with van der Waals surface area (Å²) in [4.78, 5) is 11.5. The topological polar surface area (TPSA) is 17.1 Å². The van der Waals surface area contributed by atoms with E-state index in [9.17, 15) is 4.79 Å². The van der Waals surface area contributed by atoms with E-state index in [1.807, 2.05) is 12.1 Å². The van der Waals surface area contributed by atoms with Gasteiger partial charge in [0.15, 0.2) is 5.12 Å². The van der Waals surface area contributed by atoms with E-state index in [0.29, 0.717) is 5.02 Å². The second kappa shape index (κ2) is 3.79. The summed E-state index contributed by atoms with van der Waals surface area (Å²) in [5.41, 5.74) is 0. The average Bonchev–Trinajstić information content (AvgIpc) is 1.85. The first-order valence-corrected chi connectivity index (χ1v) is 4.32. The van der Waals surface area contributed by atoms with Crippen LogP contribution < -0.4 is 0 Å². The molecule has 1 rings (SSSR count). The lowest BCUT2D eigenvalue weighted by Crippen LogP contribution is -1.79. The fourth-order valence-corrected chi connectivity index (χ4v) is 1.62. The van der Waals surface area contributed by atoms with E-state index in [1.54, 1.807) is 12.1 Å². The minimum Gasteiger partial charge on any atom is -0.287 e. The number of halogens is 1. The van der Waals surface area contributed by atoms with Crippen LogP contribution >= 0.6 is 23.4 Å². The van der Waals surface area contributed by atoms with Crippen LogP contribution in [-0.4, -0.2) is 5.12 Å². The molecule has 0 aliphatic rings. The van der Waals surface area contributed by atoms with E-state index >= 15 is 0 Å². The third kappa shape index (κ3) is 2.95. The molecule has 0 aliphatic heterocycles. The van der Waals surface area contributed by atoms with Crippen molar-refractivity contribution in [2.75, 3.05) is 0 Å². The molecule has 1 nitrogen and oxygen atoms in total. The predicted molar refractivity (Wildman–Crippen MR) is 48.0 cm³/mol. The first-order valence-electron chi connectivity index (χ1n) is 3.12. The molecule has 0 N–H and O–H groups in total. The van der Waals surface area contributed by atoms with Gasteiger partial charge in [0.1, 0.15) is 0 Å². The van der Waals surface area contributed by atoms with E-state index in [-0.39, 0.29) is 5.12 Å². The Hall–Kier alpha value is -0.470. The van der Waals surface area contributed by atoms with Crippen LogP contribution in [0.5, 0.6) is 0 Å². The average molecular weight is 187 g/mol. The normalized spacial score (nSPS) is 9.64. The summed E-state index contributed by atoms with van der Waals surface area (Å²) in [6.45, 7) is 1.53. The first kappa shape index (κ1) is 8.62. The smallest absolute Gasteiger partial charge is 0.190 e. The number of carbonyl (C=O) groups is 1. The van der Waals surface area contributed by atoms with Crippen molar-refractivity contribution >= 4 is 28.5 Å². The summed E-state index contributed by atoms with van der Waals surface area (Å²) in [5.74, 6) is 0. The number of hydrogen-bond acceptors (Lipinski definition) is 2. The molecule has 0 radical (unpaired) electrons. The van der Waals surface area contributed by atoms with Crippen LogP contribution in [0.1, 0.15) is 6.92 Å². The molecule has 3 heteroatoms. The molecule has 0 aliphatic carbocycles. The molecule has 0 bridgehead atoms.